The third-order valence-electron chi connectivity index (χ3n) is 11.1. The van der Waals surface area contributed by atoms with E-state index in [1.54, 1.807) is 0 Å². The highest BCUT2D eigenvalue weighted by Gasteiger charge is 2.78. The number of aryl methyl sites for hydroxylation is 2. The zero-order chi connectivity index (χ0) is 31.7. The summed E-state index contributed by atoms with van der Waals surface area (Å²) in [5, 5.41) is 0. The SMILES string of the molecule is C=CC1C2C(c3ccccc3-c3ccc(C)c[n+]32)C12CC(C)([C@H](C)C(C)C)/C(=C(\C)OC(=C)/C=C(\C)S)c1ccc(C)c[n+]12. The van der Waals surface area contributed by atoms with Crippen molar-refractivity contribution in [1.29, 1.82) is 0 Å². The van der Waals surface area contributed by atoms with E-state index < -0.39 is 0 Å². The molecule has 3 aliphatic rings. The zero-order valence-electron chi connectivity index (χ0n) is 27.7. The number of hydrogen-bond donors (Lipinski definition) is 1. The lowest BCUT2D eigenvalue weighted by molar-refractivity contribution is -0.847. The molecule has 0 radical (unpaired) electrons. The van der Waals surface area contributed by atoms with Crippen LogP contribution in [0.4, 0.5) is 0 Å². The molecule has 2 aromatic heterocycles. The topological polar surface area (TPSA) is 17.0 Å². The molecule has 4 heteroatoms. The molecule has 6 rings (SSSR count). The van der Waals surface area contributed by atoms with Gasteiger partial charge in [-0.25, -0.2) is 0 Å². The van der Waals surface area contributed by atoms with Crippen molar-refractivity contribution in [3.63, 3.8) is 0 Å². The molecule has 1 saturated carbocycles. The Morgan fingerprint density at radius 1 is 1.00 bits per heavy atom. The normalized spacial score (nSPS) is 28.7. The van der Waals surface area contributed by atoms with Crippen LogP contribution in [-0.2, 0) is 10.3 Å². The predicted octanol–water partition coefficient (Wildman–Crippen LogP) is 9.19. The lowest BCUT2D eigenvalue weighted by Crippen LogP contribution is -2.81. The second-order valence-corrected chi connectivity index (χ2v) is 14.9. The van der Waals surface area contributed by atoms with E-state index in [1.165, 1.54) is 39.2 Å². The Kier molecular flexibility index (Phi) is 7.60. The Balaban J connectivity index is 1.67. The van der Waals surface area contributed by atoms with Crippen molar-refractivity contribution in [2.75, 3.05) is 0 Å². The lowest BCUT2D eigenvalue weighted by Gasteiger charge is -2.60. The van der Waals surface area contributed by atoms with Gasteiger partial charge in [0, 0.05) is 35.1 Å². The van der Waals surface area contributed by atoms with Gasteiger partial charge in [0.15, 0.2) is 24.0 Å². The first-order valence-corrected chi connectivity index (χ1v) is 16.5. The minimum Gasteiger partial charge on any atom is -0.462 e. The number of thiol groups is 1. The quantitative estimate of drug-likeness (QED) is 0.0976. The zero-order valence-corrected chi connectivity index (χ0v) is 28.6. The fraction of sp³-hybridized carbons (Fsp3) is 0.400. The minimum atomic E-state index is -0.196. The number of fused-ring (bicyclic) bond motifs is 9. The van der Waals surface area contributed by atoms with Crippen LogP contribution in [0, 0.1) is 37.0 Å². The molecule has 5 unspecified atom stereocenters. The average Bonchev–Trinajstić information content (AvgIpc) is 2.95. The molecule has 0 N–H and O–H groups in total. The molecule has 228 valence electrons. The Morgan fingerprint density at radius 2 is 1.66 bits per heavy atom. The van der Waals surface area contributed by atoms with Crippen molar-refractivity contribution in [2.45, 2.75) is 79.3 Å². The van der Waals surface area contributed by atoms with Gasteiger partial charge >= 0.3 is 0 Å². The molecule has 2 aliphatic heterocycles. The molecule has 6 atom stereocenters. The van der Waals surface area contributed by atoms with Crippen molar-refractivity contribution in [3.05, 3.63) is 125 Å². The van der Waals surface area contributed by atoms with Crippen LogP contribution in [0.25, 0.3) is 16.8 Å². The van der Waals surface area contributed by atoms with Gasteiger partial charge < -0.3 is 4.74 Å². The second-order valence-electron chi connectivity index (χ2n) is 14.2. The lowest BCUT2D eigenvalue weighted by atomic mass is 9.44. The highest BCUT2D eigenvalue weighted by molar-refractivity contribution is 7.84. The maximum atomic E-state index is 6.53. The van der Waals surface area contributed by atoms with E-state index in [9.17, 15) is 0 Å². The van der Waals surface area contributed by atoms with Crippen molar-refractivity contribution >= 4 is 18.2 Å². The summed E-state index contributed by atoms with van der Waals surface area (Å²) in [5.74, 6) is 2.92. The Morgan fingerprint density at radius 3 is 2.32 bits per heavy atom. The standard InChI is InChI=1S/C40H47N2OS/c1-11-33-38-37(32-15-13-12-14-31(32)34-18-16-25(4)21-41(34)38)40(33)23-39(10,29(8)24(2)3)36(30(9)43-27(6)20-28(7)44)35-19-17-26(5)22-42(35)40/h11-22,24,29,33,37-38H,1,6,23H2,2-5,7-10H3/q+1/p+1/b28-20+,36-30+/t29-,33?,37?,38?,39?,40?/m1/s1. The van der Waals surface area contributed by atoms with Gasteiger partial charge in [-0.3, -0.25) is 0 Å². The average molecular weight is 605 g/mol. The van der Waals surface area contributed by atoms with E-state index in [0.29, 0.717) is 23.6 Å². The van der Waals surface area contributed by atoms with E-state index in [0.717, 1.165) is 17.1 Å². The summed E-state index contributed by atoms with van der Waals surface area (Å²) in [6.07, 6.45) is 9.88. The fourth-order valence-corrected chi connectivity index (χ4v) is 9.23. The molecular weight excluding hydrogens is 557 g/mol. The largest absolute Gasteiger partial charge is 0.462 e. The van der Waals surface area contributed by atoms with Crippen molar-refractivity contribution in [3.8, 4) is 11.3 Å². The van der Waals surface area contributed by atoms with Crippen LogP contribution in [0.15, 0.2) is 103 Å². The third kappa shape index (κ3) is 4.39. The van der Waals surface area contributed by atoms with Crippen LogP contribution >= 0.6 is 12.6 Å². The Bertz CT molecular complexity index is 1740. The smallest absolute Gasteiger partial charge is 0.213 e. The summed E-state index contributed by atoms with van der Waals surface area (Å²) in [7, 11) is 0. The van der Waals surface area contributed by atoms with Crippen molar-refractivity contribution < 1.29 is 13.9 Å². The molecule has 1 fully saturated rings. The first kappa shape index (κ1) is 30.6. The number of allylic oxidation sites excluding steroid dienone is 5. The fourth-order valence-electron chi connectivity index (χ4n) is 9.09. The Hall–Kier alpha value is -3.37. The van der Waals surface area contributed by atoms with Gasteiger partial charge in [-0.05, 0) is 74.3 Å². The summed E-state index contributed by atoms with van der Waals surface area (Å²) in [6, 6.07) is 18.5. The van der Waals surface area contributed by atoms with Gasteiger partial charge in [-0.1, -0.05) is 58.5 Å². The molecule has 0 bridgehead atoms. The van der Waals surface area contributed by atoms with Gasteiger partial charge in [0.05, 0.1) is 11.1 Å². The minimum absolute atomic E-state index is 0.174. The van der Waals surface area contributed by atoms with Crippen molar-refractivity contribution in [2.24, 2.45) is 23.2 Å². The summed E-state index contributed by atoms with van der Waals surface area (Å²) >= 11 is 4.48. The van der Waals surface area contributed by atoms with Gasteiger partial charge in [0.2, 0.25) is 11.4 Å². The molecular formula is C40H48N2OS+2. The molecule has 1 spiro atoms. The molecule has 44 heavy (non-hydrogen) atoms. The number of aromatic nitrogens is 2. The van der Waals surface area contributed by atoms with E-state index in [-0.39, 0.29) is 22.8 Å². The number of nitrogens with zero attached hydrogens (tertiary/aromatic N) is 2. The van der Waals surface area contributed by atoms with Crippen LogP contribution < -0.4 is 9.13 Å². The van der Waals surface area contributed by atoms with Crippen LogP contribution in [0.3, 0.4) is 0 Å². The molecule has 1 aromatic carbocycles. The van der Waals surface area contributed by atoms with Crippen LogP contribution in [-0.4, -0.2) is 0 Å². The molecule has 0 saturated heterocycles. The number of hydrogen-bond acceptors (Lipinski definition) is 2. The van der Waals surface area contributed by atoms with Gasteiger partial charge in [0.25, 0.3) is 0 Å². The van der Waals surface area contributed by atoms with Gasteiger partial charge in [-0.2, -0.15) is 9.13 Å². The third-order valence-corrected chi connectivity index (χ3v) is 11.3. The summed E-state index contributed by atoms with van der Waals surface area (Å²) in [4.78, 5) is 0.873. The van der Waals surface area contributed by atoms with Crippen LogP contribution in [0.5, 0.6) is 0 Å². The van der Waals surface area contributed by atoms with E-state index >= 15 is 0 Å². The highest BCUT2D eigenvalue weighted by atomic mass is 32.1. The second kappa shape index (κ2) is 10.9. The maximum absolute atomic E-state index is 6.53. The van der Waals surface area contributed by atoms with E-state index in [1.807, 2.05) is 13.0 Å². The maximum Gasteiger partial charge on any atom is 0.213 e. The summed E-state index contributed by atoms with van der Waals surface area (Å²) in [5.41, 5.74) is 8.76. The number of ether oxygens (including phenoxy) is 1. The first-order chi connectivity index (χ1) is 20.8. The molecule has 0 amide bonds. The number of benzene rings is 1. The van der Waals surface area contributed by atoms with Gasteiger partial charge in [0.1, 0.15) is 23.4 Å². The highest BCUT2D eigenvalue weighted by Crippen LogP contribution is 2.68. The monoisotopic (exact) mass is 604 g/mol. The van der Waals surface area contributed by atoms with E-state index in [4.69, 9.17) is 4.74 Å². The predicted molar refractivity (Wildman–Crippen MR) is 184 cm³/mol. The van der Waals surface area contributed by atoms with Gasteiger partial charge in [-0.15, -0.1) is 19.2 Å². The number of rotatable bonds is 6. The van der Waals surface area contributed by atoms with Crippen LogP contribution in [0.1, 0.15) is 82.3 Å². The molecule has 3 nitrogen and oxygen atoms in total. The summed E-state index contributed by atoms with van der Waals surface area (Å²) < 4.78 is 11.7. The molecule has 4 heterocycles. The summed E-state index contributed by atoms with van der Waals surface area (Å²) in [6.45, 7) is 26.9. The first-order valence-electron chi connectivity index (χ1n) is 16.1. The van der Waals surface area contributed by atoms with Crippen LogP contribution in [0.2, 0.25) is 0 Å². The molecule has 3 aromatic rings. The Labute approximate surface area is 270 Å². The van der Waals surface area contributed by atoms with E-state index in [2.05, 4.69) is 150 Å². The van der Waals surface area contributed by atoms with Crippen molar-refractivity contribution in [1.82, 2.24) is 0 Å². The molecule has 1 aliphatic carbocycles. The number of pyridine rings is 2.